The molecule has 0 spiro atoms. The van der Waals surface area contributed by atoms with Crippen molar-refractivity contribution in [2.24, 2.45) is 4.99 Å². The van der Waals surface area contributed by atoms with Crippen molar-refractivity contribution in [3.63, 3.8) is 0 Å². The summed E-state index contributed by atoms with van der Waals surface area (Å²) in [7, 11) is 0. The summed E-state index contributed by atoms with van der Waals surface area (Å²) in [4.78, 5) is 19.8. The lowest BCUT2D eigenvalue weighted by Crippen LogP contribution is -2.21. The highest BCUT2D eigenvalue weighted by Crippen LogP contribution is 2.33. The number of carbonyl (C=O) groups excluding carboxylic acids is 1. The molecule has 0 bridgehead atoms. The molecule has 1 amide bonds. The second-order valence-electron chi connectivity index (χ2n) is 5.18. The highest BCUT2D eigenvalue weighted by atomic mass is 32.2. The summed E-state index contributed by atoms with van der Waals surface area (Å²) in [6.45, 7) is 2.02. The molecule has 7 heteroatoms. The Bertz CT molecular complexity index is 729. The highest BCUT2D eigenvalue weighted by Gasteiger charge is 2.30. The van der Waals surface area contributed by atoms with E-state index in [4.69, 9.17) is 4.99 Å². The lowest BCUT2D eigenvalue weighted by molar-refractivity contribution is 0.103. The second-order valence-corrected chi connectivity index (χ2v) is 7.07. The van der Waals surface area contributed by atoms with Gasteiger partial charge in [0.05, 0.1) is 6.04 Å². The van der Waals surface area contributed by atoms with Crippen molar-refractivity contribution < 1.29 is 4.79 Å². The number of aliphatic imine (C=N–C) groups is 1. The van der Waals surface area contributed by atoms with Crippen molar-refractivity contribution in [3.05, 3.63) is 47.0 Å². The predicted octanol–water partition coefficient (Wildman–Crippen LogP) is 2.85. The third kappa shape index (κ3) is 2.62. The Balaban J connectivity index is 1.51. The van der Waals surface area contributed by atoms with Gasteiger partial charge in [-0.15, -0.1) is 0 Å². The maximum atomic E-state index is 12.1. The maximum absolute atomic E-state index is 12.1. The summed E-state index contributed by atoms with van der Waals surface area (Å²) in [5.41, 5.74) is 1.94. The predicted molar refractivity (Wildman–Crippen MR) is 90.7 cm³/mol. The first-order valence-corrected chi connectivity index (χ1v) is 8.83. The number of fused-ring (bicyclic) bond motifs is 1. The standard InChI is InChI=1S/C15H14N4OS2/c20-14(13-4-5-16-22-13)17-11-3-1-2-10(8-11)12-9-19-6-7-21-15(19)18-12/h1-5,8,12H,6-7,9H2,(H,17,20). The number of thioether (sulfide) groups is 1. The molecule has 1 N–H and O–H groups in total. The number of hydrogen-bond donors (Lipinski definition) is 1. The molecule has 2 aromatic rings. The van der Waals surface area contributed by atoms with Crippen molar-refractivity contribution in [3.8, 4) is 0 Å². The molecule has 1 unspecified atom stereocenters. The van der Waals surface area contributed by atoms with Crippen LogP contribution in [0.1, 0.15) is 21.3 Å². The van der Waals surface area contributed by atoms with Gasteiger partial charge in [0.2, 0.25) is 0 Å². The monoisotopic (exact) mass is 330 g/mol. The highest BCUT2D eigenvalue weighted by molar-refractivity contribution is 8.14. The Kier molecular flexibility index (Phi) is 3.59. The zero-order valence-electron chi connectivity index (χ0n) is 11.7. The molecule has 5 nitrogen and oxygen atoms in total. The van der Waals surface area contributed by atoms with Crippen molar-refractivity contribution in [1.29, 1.82) is 0 Å². The van der Waals surface area contributed by atoms with E-state index < -0.39 is 0 Å². The van der Waals surface area contributed by atoms with Crippen LogP contribution in [0.2, 0.25) is 0 Å². The molecule has 0 aliphatic carbocycles. The van der Waals surface area contributed by atoms with Crippen LogP contribution in [0.3, 0.4) is 0 Å². The Morgan fingerprint density at radius 3 is 3.14 bits per heavy atom. The molecule has 2 aliphatic rings. The third-order valence-electron chi connectivity index (χ3n) is 3.71. The Morgan fingerprint density at radius 2 is 2.32 bits per heavy atom. The number of hydrogen-bond acceptors (Lipinski definition) is 6. The van der Waals surface area contributed by atoms with E-state index >= 15 is 0 Å². The van der Waals surface area contributed by atoms with Gasteiger partial charge in [0.15, 0.2) is 5.17 Å². The average Bonchev–Trinajstić information content (AvgIpc) is 3.24. The maximum Gasteiger partial charge on any atom is 0.267 e. The lowest BCUT2D eigenvalue weighted by atomic mass is 10.1. The zero-order chi connectivity index (χ0) is 14.9. The first kappa shape index (κ1) is 13.8. The molecular weight excluding hydrogens is 316 g/mol. The molecule has 112 valence electrons. The second kappa shape index (κ2) is 5.73. The van der Waals surface area contributed by atoms with Crippen LogP contribution in [0.4, 0.5) is 5.69 Å². The van der Waals surface area contributed by atoms with Gasteiger partial charge >= 0.3 is 0 Å². The van der Waals surface area contributed by atoms with Crippen LogP contribution < -0.4 is 5.32 Å². The molecule has 2 aliphatic heterocycles. The molecule has 1 saturated heterocycles. The van der Waals surface area contributed by atoms with E-state index in [0.717, 1.165) is 35.3 Å². The molecule has 0 radical (unpaired) electrons. The van der Waals surface area contributed by atoms with E-state index in [1.54, 1.807) is 12.3 Å². The fourth-order valence-electron chi connectivity index (χ4n) is 2.63. The molecule has 0 saturated carbocycles. The van der Waals surface area contributed by atoms with E-state index in [9.17, 15) is 4.79 Å². The molecule has 3 heterocycles. The summed E-state index contributed by atoms with van der Waals surface area (Å²) in [5, 5.41) is 4.08. The number of carbonyl (C=O) groups is 1. The van der Waals surface area contributed by atoms with E-state index in [-0.39, 0.29) is 11.9 Å². The van der Waals surface area contributed by atoms with E-state index in [1.807, 2.05) is 30.0 Å². The van der Waals surface area contributed by atoms with Gasteiger partial charge in [0.25, 0.3) is 5.91 Å². The number of rotatable bonds is 3. The van der Waals surface area contributed by atoms with Crippen LogP contribution in [0, 0.1) is 0 Å². The van der Waals surface area contributed by atoms with Crippen molar-refractivity contribution in [2.45, 2.75) is 6.04 Å². The van der Waals surface area contributed by atoms with Crippen LogP contribution in [0.5, 0.6) is 0 Å². The number of anilines is 1. The SMILES string of the molecule is O=C(Nc1cccc(C2CN3CCSC3=N2)c1)c1ccns1. The van der Waals surface area contributed by atoms with Crippen molar-refractivity contribution in [2.75, 3.05) is 24.2 Å². The number of amides is 1. The van der Waals surface area contributed by atoms with Crippen LogP contribution >= 0.6 is 23.3 Å². The minimum absolute atomic E-state index is 0.117. The molecule has 1 aromatic carbocycles. The van der Waals surface area contributed by atoms with Gasteiger partial charge in [-0.3, -0.25) is 9.79 Å². The number of aromatic nitrogens is 1. The van der Waals surface area contributed by atoms with Gasteiger partial charge in [-0.05, 0) is 35.3 Å². The summed E-state index contributed by atoms with van der Waals surface area (Å²) < 4.78 is 3.95. The summed E-state index contributed by atoms with van der Waals surface area (Å²) in [5.74, 6) is 1.02. The number of amidine groups is 1. The van der Waals surface area contributed by atoms with Crippen LogP contribution in [0.25, 0.3) is 0 Å². The minimum Gasteiger partial charge on any atom is -0.348 e. The number of nitrogens with one attached hydrogen (secondary N) is 1. The minimum atomic E-state index is -0.117. The molecule has 1 atom stereocenters. The molecule has 22 heavy (non-hydrogen) atoms. The summed E-state index contributed by atoms with van der Waals surface area (Å²) in [6.07, 6.45) is 1.63. The fraction of sp³-hybridized carbons (Fsp3) is 0.267. The van der Waals surface area contributed by atoms with Crippen LogP contribution in [-0.4, -0.2) is 39.2 Å². The van der Waals surface area contributed by atoms with E-state index in [2.05, 4.69) is 20.7 Å². The third-order valence-corrected chi connectivity index (χ3v) is 5.47. The first-order chi connectivity index (χ1) is 10.8. The Hall–Kier alpha value is -1.86. The van der Waals surface area contributed by atoms with Gasteiger partial charge in [-0.1, -0.05) is 23.9 Å². The van der Waals surface area contributed by atoms with Gasteiger partial charge in [-0.25, -0.2) is 4.37 Å². The molecular formula is C15H14N4OS2. The van der Waals surface area contributed by atoms with Gasteiger partial charge in [-0.2, -0.15) is 0 Å². The topological polar surface area (TPSA) is 57.6 Å². The van der Waals surface area contributed by atoms with Crippen LogP contribution in [-0.2, 0) is 0 Å². The molecule has 1 fully saturated rings. The smallest absolute Gasteiger partial charge is 0.267 e. The summed E-state index contributed by atoms with van der Waals surface area (Å²) in [6, 6.07) is 9.85. The Morgan fingerprint density at radius 1 is 1.36 bits per heavy atom. The fourth-order valence-corrected chi connectivity index (χ4v) is 4.17. The average molecular weight is 330 g/mol. The largest absolute Gasteiger partial charge is 0.348 e. The number of benzene rings is 1. The molecule has 4 rings (SSSR count). The van der Waals surface area contributed by atoms with Crippen LogP contribution in [0.15, 0.2) is 41.5 Å². The zero-order valence-corrected chi connectivity index (χ0v) is 13.4. The normalized spacial score (nSPS) is 19.9. The number of nitrogens with zero attached hydrogens (tertiary/aromatic N) is 3. The summed E-state index contributed by atoms with van der Waals surface area (Å²) >= 11 is 3.02. The van der Waals surface area contributed by atoms with Gasteiger partial charge in [0.1, 0.15) is 4.88 Å². The Labute approximate surface area is 136 Å². The van der Waals surface area contributed by atoms with Gasteiger partial charge < -0.3 is 10.2 Å². The first-order valence-electron chi connectivity index (χ1n) is 7.07. The van der Waals surface area contributed by atoms with Gasteiger partial charge in [0, 0.05) is 30.7 Å². The quantitative estimate of drug-likeness (QED) is 0.940. The molecule has 1 aromatic heterocycles. The van der Waals surface area contributed by atoms with E-state index in [0.29, 0.717) is 4.88 Å². The lowest BCUT2D eigenvalue weighted by Gasteiger charge is -2.13. The van der Waals surface area contributed by atoms with Crippen molar-refractivity contribution >= 4 is 40.1 Å². The van der Waals surface area contributed by atoms with E-state index in [1.165, 1.54) is 11.5 Å². The van der Waals surface area contributed by atoms with Crippen molar-refractivity contribution in [1.82, 2.24) is 9.27 Å².